The molecule has 0 aromatic heterocycles. The van der Waals surface area contributed by atoms with E-state index in [1.807, 2.05) is 6.07 Å². The average molecular weight is 588 g/mol. The van der Waals surface area contributed by atoms with Crippen molar-refractivity contribution in [1.82, 2.24) is 10.2 Å². The number of halogens is 1. The average Bonchev–Trinajstić information content (AvgIpc) is 2.95. The van der Waals surface area contributed by atoms with E-state index in [0.717, 1.165) is 9.87 Å². The summed E-state index contributed by atoms with van der Waals surface area (Å²) in [6.45, 7) is 3.49. The van der Waals surface area contributed by atoms with Gasteiger partial charge in [0.15, 0.2) is 0 Å². The van der Waals surface area contributed by atoms with Crippen LogP contribution in [0.15, 0.2) is 77.7 Å². The van der Waals surface area contributed by atoms with Crippen molar-refractivity contribution in [3.63, 3.8) is 0 Å². The van der Waals surface area contributed by atoms with Crippen LogP contribution >= 0.6 is 11.6 Å². The van der Waals surface area contributed by atoms with E-state index in [1.165, 1.54) is 42.3 Å². The van der Waals surface area contributed by atoms with Crippen molar-refractivity contribution in [2.45, 2.75) is 37.8 Å². The lowest BCUT2D eigenvalue weighted by Crippen LogP contribution is -2.52. The summed E-state index contributed by atoms with van der Waals surface area (Å²) in [5.74, 6) is 0.201. The number of carbonyl (C=O) groups is 2. The number of hydrogen-bond donors (Lipinski definition) is 1. The van der Waals surface area contributed by atoms with Crippen LogP contribution < -0.4 is 19.1 Å². The maximum absolute atomic E-state index is 14.0. The van der Waals surface area contributed by atoms with Gasteiger partial charge in [-0.25, -0.2) is 8.42 Å². The molecular weight excluding hydrogens is 554 g/mol. The molecule has 9 nitrogen and oxygen atoms in total. The van der Waals surface area contributed by atoms with Crippen LogP contribution in [0, 0.1) is 0 Å². The normalized spacial score (nSPS) is 11.8. The first-order valence-corrected chi connectivity index (χ1v) is 14.6. The van der Waals surface area contributed by atoms with Gasteiger partial charge in [0.1, 0.15) is 24.1 Å². The second-order valence-electron chi connectivity index (χ2n) is 8.86. The highest BCUT2D eigenvalue weighted by atomic mass is 35.5. The molecule has 0 heterocycles. The van der Waals surface area contributed by atoms with E-state index in [9.17, 15) is 18.0 Å². The minimum Gasteiger partial charge on any atom is -0.497 e. The Kier molecular flexibility index (Phi) is 10.8. The van der Waals surface area contributed by atoms with Crippen LogP contribution in [-0.4, -0.2) is 58.5 Å². The molecule has 1 N–H and O–H groups in total. The zero-order valence-corrected chi connectivity index (χ0v) is 24.5. The quantitative estimate of drug-likeness (QED) is 0.316. The van der Waals surface area contributed by atoms with Crippen molar-refractivity contribution in [1.29, 1.82) is 0 Å². The third-order valence-electron chi connectivity index (χ3n) is 6.25. The number of sulfonamides is 1. The Morgan fingerprint density at radius 3 is 2.20 bits per heavy atom. The molecule has 40 heavy (non-hydrogen) atoms. The molecule has 0 radical (unpaired) electrons. The van der Waals surface area contributed by atoms with Gasteiger partial charge in [0, 0.05) is 18.1 Å². The van der Waals surface area contributed by atoms with E-state index in [-0.39, 0.29) is 23.0 Å². The zero-order chi connectivity index (χ0) is 29.3. The second kappa shape index (κ2) is 14.0. The number of rotatable bonds is 13. The largest absolute Gasteiger partial charge is 0.497 e. The van der Waals surface area contributed by atoms with E-state index in [2.05, 4.69) is 5.32 Å². The molecule has 3 aromatic rings. The first-order chi connectivity index (χ1) is 19.1. The summed E-state index contributed by atoms with van der Waals surface area (Å²) < 4.78 is 39.3. The maximum atomic E-state index is 14.0. The lowest BCUT2D eigenvalue weighted by atomic mass is 10.1. The minimum absolute atomic E-state index is 0.0313. The van der Waals surface area contributed by atoms with Gasteiger partial charge >= 0.3 is 0 Å². The molecule has 3 aromatic carbocycles. The Bertz CT molecular complexity index is 1420. The summed E-state index contributed by atoms with van der Waals surface area (Å²) in [5, 5.41) is 3.09. The Morgan fingerprint density at radius 2 is 1.60 bits per heavy atom. The van der Waals surface area contributed by atoms with Crippen molar-refractivity contribution in [2.75, 3.05) is 31.6 Å². The van der Waals surface area contributed by atoms with Crippen LogP contribution in [0.25, 0.3) is 0 Å². The highest BCUT2D eigenvalue weighted by Gasteiger charge is 2.33. The summed E-state index contributed by atoms with van der Waals surface area (Å²) in [7, 11) is -1.20. The van der Waals surface area contributed by atoms with Gasteiger partial charge < -0.3 is 19.7 Å². The molecule has 0 bridgehead atoms. The van der Waals surface area contributed by atoms with E-state index in [0.29, 0.717) is 29.5 Å². The van der Waals surface area contributed by atoms with E-state index >= 15 is 0 Å². The summed E-state index contributed by atoms with van der Waals surface area (Å²) in [6, 6.07) is 18.5. The smallest absolute Gasteiger partial charge is 0.264 e. The number of carbonyl (C=O) groups excluding carboxylic acids is 2. The number of benzene rings is 3. The lowest BCUT2D eigenvalue weighted by Gasteiger charge is -2.33. The Hall–Kier alpha value is -3.76. The second-order valence-corrected chi connectivity index (χ2v) is 11.2. The van der Waals surface area contributed by atoms with E-state index < -0.39 is 28.5 Å². The van der Waals surface area contributed by atoms with Crippen molar-refractivity contribution >= 4 is 39.1 Å². The van der Waals surface area contributed by atoms with Crippen molar-refractivity contribution in [3.8, 4) is 11.5 Å². The monoisotopic (exact) mass is 587 g/mol. The predicted octanol–water partition coefficient (Wildman–Crippen LogP) is 4.50. The van der Waals surface area contributed by atoms with Crippen LogP contribution in [0.3, 0.4) is 0 Å². The van der Waals surface area contributed by atoms with Crippen LogP contribution in [0.1, 0.15) is 25.8 Å². The van der Waals surface area contributed by atoms with Gasteiger partial charge in [-0.1, -0.05) is 36.7 Å². The lowest BCUT2D eigenvalue weighted by molar-refractivity contribution is -0.140. The van der Waals surface area contributed by atoms with E-state index in [4.69, 9.17) is 21.1 Å². The SMILES string of the molecule is CCNC(=O)[C@@H](CC)N(Cc1cccc(OC)c1)C(=O)CN(c1cccc(Cl)c1)S(=O)(=O)c1ccc(OC)cc1. The fraction of sp³-hybridized carbons (Fsp3) is 0.310. The first kappa shape index (κ1) is 30.8. The highest BCUT2D eigenvalue weighted by molar-refractivity contribution is 7.92. The van der Waals surface area contributed by atoms with Gasteiger partial charge in [0.2, 0.25) is 11.8 Å². The zero-order valence-electron chi connectivity index (χ0n) is 23.0. The van der Waals surface area contributed by atoms with Crippen LogP contribution in [-0.2, 0) is 26.2 Å². The molecule has 1 atom stereocenters. The number of amides is 2. The number of nitrogens with zero attached hydrogens (tertiary/aromatic N) is 2. The van der Waals surface area contributed by atoms with Gasteiger partial charge in [-0.15, -0.1) is 0 Å². The highest BCUT2D eigenvalue weighted by Crippen LogP contribution is 2.28. The summed E-state index contributed by atoms with van der Waals surface area (Å²) >= 11 is 6.21. The Balaban J connectivity index is 2.07. The number of nitrogens with one attached hydrogen (secondary N) is 1. The standard InChI is InChI=1S/C29H34ClN3O6S/c1-5-27(29(35)31-6-2)32(19-21-9-7-12-25(17-21)39-4)28(34)20-33(23-11-8-10-22(30)18-23)40(36,37)26-15-13-24(38-3)14-16-26/h7-18,27H,5-6,19-20H2,1-4H3,(H,31,35)/t27-/m1/s1. The molecule has 2 amide bonds. The molecule has 0 saturated carbocycles. The molecule has 0 unspecified atom stereocenters. The summed E-state index contributed by atoms with van der Waals surface area (Å²) in [5.41, 5.74) is 0.937. The van der Waals surface area contributed by atoms with Gasteiger partial charge in [-0.05, 0) is 73.5 Å². The Morgan fingerprint density at radius 1 is 0.925 bits per heavy atom. The molecule has 0 spiro atoms. The summed E-state index contributed by atoms with van der Waals surface area (Å²) in [4.78, 5) is 28.4. The molecule has 11 heteroatoms. The predicted molar refractivity (Wildman–Crippen MR) is 155 cm³/mol. The van der Waals surface area contributed by atoms with Gasteiger partial charge in [0.25, 0.3) is 10.0 Å². The fourth-order valence-corrected chi connectivity index (χ4v) is 5.80. The molecule has 0 fully saturated rings. The van der Waals surface area contributed by atoms with Gasteiger partial charge in [0.05, 0.1) is 24.8 Å². The molecular formula is C29H34ClN3O6S. The number of hydrogen-bond acceptors (Lipinski definition) is 6. The molecule has 214 valence electrons. The van der Waals surface area contributed by atoms with Crippen LogP contribution in [0.4, 0.5) is 5.69 Å². The minimum atomic E-state index is -4.22. The van der Waals surface area contributed by atoms with Gasteiger partial charge in [-0.2, -0.15) is 0 Å². The third-order valence-corrected chi connectivity index (χ3v) is 8.27. The maximum Gasteiger partial charge on any atom is 0.264 e. The number of ether oxygens (including phenoxy) is 2. The third kappa shape index (κ3) is 7.45. The van der Waals surface area contributed by atoms with Crippen molar-refractivity contribution in [3.05, 3.63) is 83.4 Å². The fourth-order valence-electron chi connectivity index (χ4n) is 4.21. The van der Waals surface area contributed by atoms with E-state index in [1.54, 1.807) is 57.4 Å². The topological polar surface area (TPSA) is 105 Å². The summed E-state index contributed by atoms with van der Waals surface area (Å²) in [6.07, 6.45) is 0.323. The molecule has 3 rings (SSSR count). The van der Waals surface area contributed by atoms with Gasteiger partial charge in [-0.3, -0.25) is 13.9 Å². The molecule has 0 saturated heterocycles. The number of anilines is 1. The van der Waals surface area contributed by atoms with Crippen molar-refractivity contribution < 1.29 is 27.5 Å². The molecule has 0 aliphatic carbocycles. The number of likely N-dealkylation sites (N-methyl/N-ethyl adjacent to an activating group) is 1. The van der Waals surface area contributed by atoms with Crippen LogP contribution in [0.2, 0.25) is 5.02 Å². The molecule has 0 aliphatic heterocycles. The number of methoxy groups -OCH3 is 2. The van der Waals surface area contributed by atoms with Crippen LogP contribution in [0.5, 0.6) is 11.5 Å². The Labute approximate surface area is 240 Å². The molecule has 0 aliphatic rings. The first-order valence-electron chi connectivity index (χ1n) is 12.8. The van der Waals surface area contributed by atoms with Crippen molar-refractivity contribution in [2.24, 2.45) is 0 Å².